The molecule has 1 saturated carbocycles. The highest BCUT2D eigenvalue weighted by molar-refractivity contribution is 5.98. The van der Waals surface area contributed by atoms with Crippen LogP contribution in [0.15, 0.2) is 48.5 Å². The number of fused-ring (bicyclic) bond motifs is 2. The zero-order valence-corrected chi connectivity index (χ0v) is 27.6. The van der Waals surface area contributed by atoms with E-state index in [0.717, 1.165) is 36.2 Å². The number of hydrogen-bond acceptors (Lipinski definition) is 6. The van der Waals surface area contributed by atoms with Gasteiger partial charge in [0.15, 0.2) is 6.29 Å². The summed E-state index contributed by atoms with van der Waals surface area (Å²) >= 11 is 0. The minimum absolute atomic E-state index is 0.0402. The van der Waals surface area contributed by atoms with Crippen LogP contribution in [0.25, 0.3) is 0 Å². The first kappa shape index (κ1) is 33.9. The third kappa shape index (κ3) is 7.23. The maximum atomic E-state index is 13.1. The molecule has 4 aliphatic rings. The van der Waals surface area contributed by atoms with Gasteiger partial charge in [0.05, 0.1) is 18.8 Å². The summed E-state index contributed by atoms with van der Waals surface area (Å²) in [5.74, 6) is -2.59. The van der Waals surface area contributed by atoms with E-state index in [0.29, 0.717) is 28.5 Å². The lowest BCUT2D eigenvalue weighted by atomic mass is 9.65. The molecule has 0 aromatic heterocycles. The molecule has 256 valence electrons. The maximum absolute atomic E-state index is 13.1. The van der Waals surface area contributed by atoms with E-state index < -0.39 is 30.3 Å². The lowest BCUT2D eigenvalue weighted by Crippen LogP contribution is -2.48. The molecule has 8 nitrogen and oxygen atoms in total. The largest absolute Gasteiger partial charge is 0.471 e. The van der Waals surface area contributed by atoms with E-state index in [2.05, 4.69) is 37.9 Å². The van der Waals surface area contributed by atoms with E-state index in [1.807, 2.05) is 24.3 Å². The summed E-state index contributed by atoms with van der Waals surface area (Å²) in [4.78, 5) is 28.0. The number of hydrogen-bond donors (Lipinski definition) is 2. The number of halogens is 3. The quantitative estimate of drug-likeness (QED) is 0.360. The van der Waals surface area contributed by atoms with Gasteiger partial charge in [-0.15, -0.1) is 0 Å². The SMILES string of the molecule is CC1C(CN2CC3(C)CC2CC(C)(C)C3)OC(c2ccc(NC(=O)C3CCCN3C(=O)C(F)(F)F)cc2)OC1c1ccc(CO)cc1. The molecule has 2 bridgehead atoms. The number of anilines is 1. The number of amides is 2. The highest BCUT2D eigenvalue weighted by Gasteiger charge is 2.51. The number of aliphatic hydroxyl groups is 1. The Morgan fingerprint density at radius 3 is 2.34 bits per heavy atom. The van der Waals surface area contributed by atoms with Gasteiger partial charge in [-0.25, -0.2) is 0 Å². The number of carbonyl (C=O) groups excluding carboxylic acids is 2. The van der Waals surface area contributed by atoms with Crippen molar-refractivity contribution in [1.82, 2.24) is 9.80 Å². The van der Waals surface area contributed by atoms with Crippen LogP contribution in [0.5, 0.6) is 0 Å². The molecule has 7 unspecified atom stereocenters. The van der Waals surface area contributed by atoms with Gasteiger partial charge >= 0.3 is 12.1 Å². The first-order chi connectivity index (χ1) is 22.1. The van der Waals surface area contributed by atoms with E-state index in [4.69, 9.17) is 9.47 Å². The Morgan fingerprint density at radius 1 is 1.00 bits per heavy atom. The molecule has 2 N–H and O–H groups in total. The van der Waals surface area contributed by atoms with Crippen molar-refractivity contribution < 1.29 is 37.3 Å². The molecule has 2 amide bonds. The van der Waals surface area contributed by atoms with Crippen LogP contribution in [-0.2, 0) is 25.7 Å². The Labute approximate surface area is 274 Å². The number of alkyl halides is 3. The second-order valence-electron chi connectivity index (χ2n) is 15.2. The van der Waals surface area contributed by atoms with Crippen molar-refractivity contribution in [2.75, 3.05) is 25.0 Å². The van der Waals surface area contributed by atoms with E-state index in [1.54, 1.807) is 24.3 Å². The van der Waals surface area contributed by atoms with E-state index in [9.17, 15) is 27.9 Å². The standard InChI is InChI=1S/C36H46F3N3O5/c1-22-29(18-41-21-35(4)17-27(41)16-34(2,3)20-35)46-32(47-30(22)24-9-7-23(19-43)8-10-24)25-11-13-26(14-12-25)40-31(44)28-6-5-15-42(28)33(45)36(37,38)39/h7-14,22,27-30,32,43H,5-6,15-21H2,1-4H3,(H,40,44). The zero-order chi connectivity index (χ0) is 33.7. The summed E-state index contributed by atoms with van der Waals surface area (Å²) in [7, 11) is 0. The van der Waals surface area contributed by atoms with Gasteiger partial charge in [0, 0.05) is 42.8 Å². The van der Waals surface area contributed by atoms with Gasteiger partial charge in [-0.2, -0.15) is 13.2 Å². The third-order valence-corrected chi connectivity index (χ3v) is 10.6. The fraction of sp³-hybridized carbons (Fsp3) is 0.611. The molecule has 2 aromatic rings. The van der Waals surface area contributed by atoms with Crippen LogP contribution in [0, 0.1) is 16.7 Å². The molecule has 7 atom stereocenters. The number of benzene rings is 2. The first-order valence-electron chi connectivity index (χ1n) is 16.7. The summed E-state index contributed by atoms with van der Waals surface area (Å²) in [5.41, 5.74) is 3.56. The Kier molecular flexibility index (Phi) is 9.23. The summed E-state index contributed by atoms with van der Waals surface area (Å²) in [5, 5.41) is 12.3. The fourth-order valence-corrected chi connectivity index (χ4v) is 8.74. The number of rotatable bonds is 7. The molecule has 0 radical (unpaired) electrons. The molecule has 3 saturated heterocycles. The Bertz CT molecular complexity index is 1450. The minimum atomic E-state index is -5.03. The van der Waals surface area contributed by atoms with Crippen LogP contribution in [0.3, 0.4) is 0 Å². The predicted molar refractivity (Wildman–Crippen MR) is 170 cm³/mol. The highest BCUT2D eigenvalue weighted by Crippen LogP contribution is 2.53. The van der Waals surface area contributed by atoms with Crippen molar-refractivity contribution in [2.24, 2.45) is 16.7 Å². The van der Waals surface area contributed by atoms with Crippen molar-refractivity contribution in [3.63, 3.8) is 0 Å². The molecule has 47 heavy (non-hydrogen) atoms. The Morgan fingerprint density at radius 2 is 1.68 bits per heavy atom. The average Bonchev–Trinajstić information content (AvgIpc) is 3.59. The molecule has 2 aromatic carbocycles. The summed E-state index contributed by atoms with van der Waals surface area (Å²) in [6, 6.07) is 14.1. The molecule has 0 spiro atoms. The first-order valence-corrected chi connectivity index (χ1v) is 16.7. The topological polar surface area (TPSA) is 91.3 Å². The van der Waals surface area contributed by atoms with Gasteiger partial charge in [0.2, 0.25) is 5.91 Å². The molecule has 1 aliphatic carbocycles. The number of aliphatic hydroxyl groups excluding tert-OH is 1. The molecule has 3 aliphatic heterocycles. The van der Waals surface area contributed by atoms with Gasteiger partial charge < -0.3 is 24.8 Å². The van der Waals surface area contributed by atoms with E-state index in [-0.39, 0.29) is 43.1 Å². The van der Waals surface area contributed by atoms with Crippen LogP contribution in [0.2, 0.25) is 0 Å². The van der Waals surface area contributed by atoms with Gasteiger partial charge in [-0.1, -0.05) is 64.1 Å². The summed E-state index contributed by atoms with van der Waals surface area (Å²) < 4.78 is 52.5. The Hall–Kier alpha value is -2.99. The highest BCUT2D eigenvalue weighted by atomic mass is 19.4. The molecule has 11 heteroatoms. The van der Waals surface area contributed by atoms with Gasteiger partial charge in [0.1, 0.15) is 6.04 Å². The number of carbonyl (C=O) groups is 2. The third-order valence-electron chi connectivity index (χ3n) is 10.6. The van der Waals surface area contributed by atoms with Crippen molar-refractivity contribution in [1.29, 1.82) is 0 Å². The number of likely N-dealkylation sites (tertiary alicyclic amines) is 2. The van der Waals surface area contributed by atoms with Crippen molar-refractivity contribution in [3.8, 4) is 0 Å². The molecule has 3 heterocycles. The maximum Gasteiger partial charge on any atom is 0.471 e. The predicted octanol–water partition coefficient (Wildman–Crippen LogP) is 6.36. The fourth-order valence-electron chi connectivity index (χ4n) is 8.74. The molecular formula is C36H46F3N3O5. The van der Waals surface area contributed by atoms with E-state index in [1.165, 1.54) is 12.8 Å². The van der Waals surface area contributed by atoms with Crippen molar-refractivity contribution >= 4 is 17.5 Å². The van der Waals surface area contributed by atoms with Crippen molar-refractivity contribution in [3.05, 3.63) is 65.2 Å². The van der Waals surface area contributed by atoms with Gasteiger partial charge in [0.25, 0.3) is 0 Å². The van der Waals surface area contributed by atoms with Crippen molar-refractivity contribution in [2.45, 2.75) is 103 Å². The number of nitrogens with one attached hydrogen (secondary N) is 1. The van der Waals surface area contributed by atoms with Crippen LogP contribution in [-0.4, -0.2) is 70.7 Å². The van der Waals surface area contributed by atoms with Crippen LogP contribution in [0.1, 0.15) is 88.9 Å². The van der Waals surface area contributed by atoms with Crippen LogP contribution >= 0.6 is 0 Å². The lowest BCUT2D eigenvalue weighted by Gasteiger charge is -2.43. The molecular weight excluding hydrogens is 611 g/mol. The monoisotopic (exact) mass is 657 g/mol. The van der Waals surface area contributed by atoms with Gasteiger partial charge in [-0.3, -0.25) is 14.5 Å². The van der Waals surface area contributed by atoms with Crippen LogP contribution < -0.4 is 5.32 Å². The summed E-state index contributed by atoms with van der Waals surface area (Å²) in [6.45, 7) is 11.0. The lowest BCUT2D eigenvalue weighted by molar-refractivity contribution is -0.276. The van der Waals surface area contributed by atoms with Gasteiger partial charge in [-0.05, 0) is 66.2 Å². The molecule has 4 fully saturated rings. The Balaban J connectivity index is 1.19. The second kappa shape index (κ2) is 12.8. The average molecular weight is 658 g/mol. The number of ether oxygens (including phenoxy) is 2. The summed E-state index contributed by atoms with van der Waals surface area (Å²) in [6.07, 6.45) is -2.04. The smallest absolute Gasteiger partial charge is 0.392 e. The zero-order valence-electron chi connectivity index (χ0n) is 27.6. The molecule has 6 rings (SSSR count). The van der Waals surface area contributed by atoms with E-state index >= 15 is 0 Å². The van der Waals surface area contributed by atoms with Crippen LogP contribution in [0.4, 0.5) is 18.9 Å². The second-order valence-corrected chi connectivity index (χ2v) is 15.2. The number of nitrogens with zero attached hydrogens (tertiary/aromatic N) is 2. The minimum Gasteiger partial charge on any atom is -0.392 e. The normalized spacial score (nSPS) is 32.4.